The highest BCUT2D eigenvalue weighted by atomic mass is 14.8. The number of rotatable bonds is 4. The van der Waals surface area contributed by atoms with Crippen molar-refractivity contribution in [2.45, 2.75) is 5.41 Å². The Labute approximate surface area is 164 Å². The van der Waals surface area contributed by atoms with Crippen LogP contribution < -0.4 is 0 Å². The molecule has 0 fully saturated rings. The third-order valence-corrected chi connectivity index (χ3v) is 5.48. The molecular weight excluding hydrogens is 340 g/mol. The lowest BCUT2D eigenvalue weighted by Crippen LogP contribution is -2.30. The number of fused-ring (bicyclic) bond motifs is 1. The third-order valence-electron chi connectivity index (χ3n) is 5.48. The number of H-pyrrole nitrogens is 1. The van der Waals surface area contributed by atoms with E-state index in [1.807, 2.05) is 12.3 Å². The van der Waals surface area contributed by atoms with Crippen LogP contribution in [0, 0.1) is 0 Å². The molecule has 5 aromatic rings. The smallest absolute Gasteiger partial charge is 0.137 e. The molecule has 0 saturated heterocycles. The maximum Gasteiger partial charge on any atom is 0.137 e. The molecule has 0 amide bonds. The zero-order valence-electron chi connectivity index (χ0n) is 15.4. The standard InChI is InChI=1S/C26H20N2/c1-4-11-20(12-5-1)26(21-13-6-2-7-14-21,22-15-8-3-9-16-22)24-19-28-25-23(24)17-10-18-27-25/h1-19H,(H,27,28). The van der Waals surface area contributed by atoms with Crippen molar-refractivity contribution in [2.24, 2.45) is 0 Å². The van der Waals surface area contributed by atoms with Crippen molar-refractivity contribution in [3.05, 3.63) is 138 Å². The lowest BCUT2D eigenvalue weighted by atomic mass is 9.65. The van der Waals surface area contributed by atoms with Gasteiger partial charge in [0.1, 0.15) is 5.65 Å². The Morgan fingerprint density at radius 1 is 0.571 bits per heavy atom. The van der Waals surface area contributed by atoms with Gasteiger partial charge in [0, 0.05) is 17.8 Å². The highest BCUT2D eigenvalue weighted by molar-refractivity contribution is 5.84. The van der Waals surface area contributed by atoms with Crippen LogP contribution in [0.3, 0.4) is 0 Å². The second-order valence-corrected chi connectivity index (χ2v) is 6.95. The molecular formula is C26H20N2. The summed E-state index contributed by atoms with van der Waals surface area (Å²) in [6, 6.07) is 36.4. The maximum absolute atomic E-state index is 4.54. The van der Waals surface area contributed by atoms with Crippen LogP contribution in [0.5, 0.6) is 0 Å². The summed E-state index contributed by atoms with van der Waals surface area (Å²) in [5.41, 5.74) is 5.38. The van der Waals surface area contributed by atoms with Crippen LogP contribution in [0.4, 0.5) is 0 Å². The molecule has 5 rings (SSSR count). The highest BCUT2D eigenvalue weighted by Gasteiger charge is 2.40. The number of nitrogens with one attached hydrogen (secondary N) is 1. The molecule has 0 radical (unpaired) electrons. The molecule has 2 aromatic heterocycles. The van der Waals surface area contributed by atoms with Crippen LogP contribution in [-0.4, -0.2) is 9.97 Å². The summed E-state index contributed by atoms with van der Waals surface area (Å²) in [5, 5.41) is 1.14. The summed E-state index contributed by atoms with van der Waals surface area (Å²) in [4.78, 5) is 7.93. The normalized spacial score (nSPS) is 11.6. The molecule has 3 aromatic carbocycles. The molecule has 0 aliphatic rings. The zero-order chi connectivity index (χ0) is 18.8. The van der Waals surface area contributed by atoms with E-state index < -0.39 is 5.41 Å². The topological polar surface area (TPSA) is 28.7 Å². The molecule has 2 heteroatoms. The monoisotopic (exact) mass is 360 g/mol. The van der Waals surface area contributed by atoms with Crippen molar-refractivity contribution in [3.8, 4) is 0 Å². The van der Waals surface area contributed by atoms with Gasteiger partial charge in [-0.25, -0.2) is 4.98 Å². The van der Waals surface area contributed by atoms with E-state index in [0.717, 1.165) is 11.0 Å². The molecule has 1 N–H and O–H groups in total. The second-order valence-electron chi connectivity index (χ2n) is 6.95. The molecule has 134 valence electrons. The van der Waals surface area contributed by atoms with E-state index in [0.29, 0.717) is 0 Å². The highest BCUT2D eigenvalue weighted by Crippen LogP contribution is 2.47. The van der Waals surface area contributed by atoms with E-state index >= 15 is 0 Å². The van der Waals surface area contributed by atoms with E-state index in [1.54, 1.807) is 0 Å². The number of aromatic amines is 1. The number of nitrogens with zero attached hydrogens (tertiary/aromatic N) is 1. The van der Waals surface area contributed by atoms with Crippen molar-refractivity contribution in [3.63, 3.8) is 0 Å². The maximum atomic E-state index is 4.54. The first-order valence-electron chi connectivity index (χ1n) is 9.50. The van der Waals surface area contributed by atoms with Gasteiger partial charge in [0.2, 0.25) is 0 Å². The molecule has 0 spiro atoms. The van der Waals surface area contributed by atoms with E-state index in [4.69, 9.17) is 0 Å². The third kappa shape index (κ3) is 2.46. The number of pyridine rings is 1. The Hall–Kier alpha value is -3.65. The van der Waals surface area contributed by atoms with Crippen molar-refractivity contribution in [1.82, 2.24) is 9.97 Å². The van der Waals surface area contributed by atoms with Gasteiger partial charge < -0.3 is 4.98 Å². The molecule has 0 atom stereocenters. The van der Waals surface area contributed by atoms with Crippen LogP contribution in [0.2, 0.25) is 0 Å². The minimum atomic E-state index is -0.439. The minimum Gasteiger partial charge on any atom is -0.346 e. The van der Waals surface area contributed by atoms with Crippen LogP contribution in [-0.2, 0) is 5.41 Å². The Morgan fingerprint density at radius 3 is 1.57 bits per heavy atom. The predicted octanol–water partition coefficient (Wildman–Crippen LogP) is 5.95. The lowest BCUT2D eigenvalue weighted by molar-refractivity contribution is 0.752. The van der Waals surface area contributed by atoms with Gasteiger partial charge in [-0.15, -0.1) is 0 Å². The Kier molecular flexibility index (Phi) is 4.02. The Balaban J connectivity index is 1.96. The van der Waals surface area contributed by atoms with E-state index in [9.17, 15) is 0 Å². The quantitative estimate of drug-likeness (QED) is 0.394. The molecule has 0 aliphatic heterocycles. The van der Waals surface area contributed by atoms with Gasteiger partial charge in [0.05, 0.1) is 5.41 Å². The van der Waals surface area contributed by atoms with E-state index in [1.165, 1.54) is 22.3 Å². The summed E-state index contributed by atoms with van der Waals surface area (Å²) >= 11 is 0. The fourth-order valence-corrected chi connectivity index (χ4v) is 4.30. The summed E-state index contributed by atoms with van der Waals surface area (Å²) < 4.78 is 0. The van der Waals surface area contributed by atoms with Gasteiger partial charge in [-0.2, -0.15) is 0 Å². The van der Waals surface area contributed by atoms with E-state index in [2.05, 4.69) is 113 Å². The van der Waals surface area contributed by atoms with Crippen LogP contribution in [0.15, 0.2) is 116 Å². The van der Waals surface area contributed by atoms with Gasteiger partial charge in [-0.05, 0) is 34.4 Å². The molecule has 0 aliphatic carbocycles. The fraction of sp³-hybridized carbons (Fsp3) is 0.0385. The van der Waals surface area contributed by atoms with E-state index in [-0.39, 0.29) is 0 Å². The number of hydrogen-bond acceptors (Lipinski definition) is 1. The van der Waals surface area contributed by atoms with Crippen LogP contribution in [0.25, 0.3) is 11.0 Å². The Morgan fingerprint density at radius 2 is 1.07 bits per heavy atom. The molecule has 0 saturated carbocycles. The van der Waals surface area contributed by atoms with Crippen molar-refractivity contribution < 1.29 is 0 Å². The summed E-state index contributed by atoms with van der Waals surface area (Å²) in [5.74, 6) is 0. The number of hydrogen-bond donors (Lipinski definition) is 1. The minimum absolute atomic E-state index is 0.439. The summed E-state index contributed by atoms with van der Waals surface area (Å²) in [6.07, 6.45) is 3.95. The first-order chi connectivity index (χ1) is 13.9. The zero-order valence-corrected chi connectivity index (χ0v) is 15.4. The predicted molar refractivity (Wildman–Crippen MR) is 114 cm³/mol. The average molecular weight is 360 g/mol. The summed E-state index contributed by atoms with van der Waals surface area (Å²) in [6.45, 7) is 0. The molecule has 0 unspecified atom stereocenters. The number of aromatic nitrogens is 2. The SMILES string of the molecule is c1ccc(C(c2ccccc2)(c2ccccc2)c2c[nH]c3ncccc23)cc1. The first-order valence-corrected chi connectivity index (χ1v) is 9.50. The fourth-order valence-electron chi connectivity index (χ4n) is 4.30. The average Bonchev–Trinajstić information content (AvgIpc) is 3.21. The first kappa shape index (κ1) is 16.5. The van der Waals surface area contributed by atoms with Gasteiger partial charge in [0.15, 0.2) is 0 Å². The molecule has 2 heterocycles. The second kappa shape index (κ2) is 6.82. The van der Waals surface area contributed by atoms with Crippen molar-refractivity contribution >= 4 is 11.0 Å². The van der Waals surface area contributed by atoms with Crippen molar-refractivity contribution in [1.29, 1.82) is 0 Å². The van der Waals surface area contributed by atoms with Gasteiger partial charge in [0.25, 0.3) is 0 Å². The van der Waals surface area contributed by atoms with Crippen molar-refractivity contribution in [2.75, 3.05) is 0 Å². The molecule has 2 nitrogen and oxygen atoms in total. The summed E-state index contributed by atoms with van der Waals surface area (Å²) in [7, 11) is 0. The number of benzene rings is 3. The Bertz CT molecular complexity index is 1100. The van der Waals surface area contributed by atoms with Crippen LogP contribution >= 0.6 is 0 Å². The van der Waals surface area contributed by atoms with Gasteiger partial charge in [-0.1, -0.05) is 91.0 Å². The van der Waals surface area contributed by atoms with Gasteiger partial charge in [-0.3, -0.25) is 0 Å². The molecule has 0 bridgehead atoms. The van der Waals surface area contributed by atoms with Crippen LogP contribution in [0.1, 0.15) is 22.3 Å². The largest absolute Gasteiger partial charge is 0.346 e. The lowest BCUT2D eigenvalue weighted by Gasteiger charge is -2.36. The van der Waals surface area contributed by atoms with Gasteiger partial charge >= 0.3 is 0 Å². The molecule has 28 heavy (non-hydrogen) atoms.